The smallest absolute Gasteiger partial charge is 0.0568 e. The molecule has 25 heavy (non-hydrogen) atoms. The second kappa shape index (κ2) is 7.38. The molecule has 1 fully saturated rings. The minimum atomic E-state index is 0.471. The van der Waals surface area contributed by atoms with E-state index in [1.165, 1.54) is 29.7 Å². The minimum absolute atomic E-state index is 0.471. The molecule has 1 saturated heterocycles. The summed E-state index contributed by atoms with van der Waals surface area (Å²) in [5.74, 6) is 0.471. The largest absolute Gasteiger partial charge is 0.298 e. The van der Waals surface area contributed by atoms with E-state index in [0.29, 0.717) is 5.92 Å². The molecule has 1 unspecified atom stereocenters. The van der Waals surface area contributed by atoms with Crippen LogP contribution in [0.5, 0.6) is 0 Å². The molecule has 128 valence electrons. The van der Waals surface area contributed by atoms with Crippen LogP contribution in [0.1, 0.15) is 30.0 Å². The number of benzene rings is 1. The lowest BCUT2D eigenvalue weighted by atomic mass is 9.90. The SMILES string of the molecule is Clc1ccc(-c2cn[nH]c2C2CCCN(Cc3cccnc3)C2)cc1. The average molecular weight is 353 g/mol. The normalized spacial score (nSPS) is 18.4. The third kappa shape index (κ3) is 3.75. The van der Waals surface area contributed by atoms with E-state index in [1.54, 1.807) is 0 Å². The molecule has 1 atom stereocenters. The van der Waals surface area contributed by atoms with Gasteiger partial charge >= 0.3 is 0 Å². The third-order valence-electron chi connectivity index (χ3n) is 4.87. The molecule has 0 spiro atoms. The van der Waals surface area contributed by atoms with Gasteiger partial charge in [-0.15, -0.1) is 0 Å². The predicted octanol–water partition coefficient (Wildman–Crippen LogP) is 4.50. The molecule has 1 aromatic carbocycles. The highest BCUT2D eigenvalue weighted by atomic mass is 35.5. The van der Waals surface area contributed by atoms with E-state index < -0.39 is 0 Å². The first-order chi connectivity index (χ1) is 12.3. The van der Waals surface area contributed by atoms with E-state index in [4.69, 9.17) is 11.6 Å². The fraction of sp³-hybridized carbons (Fsp3) is 0.300. The Hall–Kier alpha value is -2.17. The molecule has 0 radical (unpaired) electrons. The Morgan fingerprint density at radius 3 is 2.84 bits per heavy atom. The summed E-state index contributed by atoms with van der Waals surface area (Å²) in [6, 6.07) is 12.1. The topological polar surface area (TPSA) is 44.8 Å². The zero-order valence-corrected chi connectivity index (χ0v) is 14.8. The number of aromatic amines is 1. The van der Waals surface area contributed by atoms with Crippen molar-refractivity contribution in [1.82, 2.24) is 20.1 Å². The molecule has 1 aliphatic heterocycles. The van der Waals surface area contributed by atoms with Crippen molar-refractivity contribution in [3.63, 3.8) is 0 Å². The molecule has 3 aromatic rings. The highest BCUT2D eigenvalue weighted by molar-refractivity contribution is 6.30. The molecule has 1 N–H and O–H groups in total. The van der Waals surface area contributed by atoms with Crippen molar-refractivity contribution in [2.24, 2.45) is 0 Å². The van der Waals surface area contributed by atoms with Crippen LogP contribution in [0.3, 0.4) is 0 Å². The Balaban J connectivity index is 1.52. The molecule has 0 amide bonds. The summed E-state index contributed by atoms with van der Waals surface area (Å²) in [6.45, 7) is 3.13. The standard InChI is InChI=1S/C20H21ClN4/c21-18-7-5-16(6-8-18)19-12-23-24-20(19)17-4-2-10-25(14-17)13-15-3-1-9-22-11-15/h1,3,5-9,11-12,17H,2,4,10,13-14H2,(H,23,24). The minimum Gasteiger partial charge on any atom is -0.298 e. The van der Waals surface area contributed by atoms with Gasteiger partial charge in [-0.05, 0) is 48.7 Å². The summed E-state index contributed by atoms with van der Waals surface area (Å²) >= 11 is 6.02. The van der Waals surface area contributed by atoms with Crippen LogP contribution in [0.15, 0.2) is 55.0 Å². The van der Waals surface area contributed by atoms with Crippen LogP contribution in [0.2, 0.25) is 5.02 Å². The van der Waals surface area contributed by atoms with Gasteiger partial charge < -0.3 is 0 Å². The van der Waals surface area contributed by atoms with Gasteiger partial charge in [0.2, 0.25) is 0 Å². The Morgan fingerprint density at radius 1 is 1.16 bits per heavy atom. The zero-order valence-electron chi connectivity index (χ0n) is 14.0. The quantitative estimate of drug-likeness (QED) is 0.751. The summed E-state index contributed by atoms with van der Waals surface area (Å²) in [5, 5.41) is 8.33. The zero-order chi connectivity index (χ0) is 17.1. The number of likely N-dealkylation sites (tertiary alicyclic amines) is 1. The number of hydrogen-bond acceptors (Lipinski definition) is 3. The van der Waals surface area contributed by atoms with Gasteiger partial charge in [-0.2, -0.15) is 5.10 Å². The number of pyridine rings is 1. The number of piperidine rings is 1. The van der Waals surface area contributed by atoms with Crippen molar-refractivity contribution >= 4 is 11.6 Å². The lowest BCUT2D eigenvalue weighted by molar-refractivity contribution is 0.198. The fourth-order valence-corrected chi connectivity index (χ4v) is 3.78. The van der Waals surface area contributed by atoms with Crippen molar-refractivity contribution in [2.75, 3.05) is 13.1 Å². The molecule has 0 saturated carbocycles. The number of aromatic nitrogens is 3. The van der Waals surface area contributed by atoms with Crippen LogP contribution in [0.4, 0.5) is 0 Å². The van der Waals surface area contributed by atoms with Gasteiger partial charge in [-0.3, -0.25) is 15.0 Å². The molecule has 0 bridgehead atoms. The van der Waals surface area contributed by atoms with E-state index in [2.05, 4.69) is 38.3 Å². The van der Waals surface area contributed by atoms with Crippen molar-refractivity contribution in [2.45, 2.75) is 25.3 Å². The summed E-state index contributed by atoms with van der Waals surface area (Å²) < 4.78 is 0. The molecule has 0 aliphatic carbocycles. The predicted molar refractivity (Wildman–Crippen MR) is 101 cm³/mol. The van der Waals surface area contributed by atoms with Crippen molar-refractivity contribution < 1.29 is 0 Å². The van der Waals surface area contributed by atoms with Crippen LogP contribution in [-0.4, -0.2) is 33.2 Å². The maximum absolute atomic E-state index is 6.02. The second-order valence-electron chi connectivity index (χ2n) is 6.64. The lowest BCUT2D eigenvalue weighted by Crippen LogP contribution is -2.34. The van der Waals surface area contributed by atoms with Crippen molar-refractivity contribution in [3.05, 3.63) is 71.3 Å². The summed E-state index contributed by atoms with van der Waals surface area (Å²) in [7, 11) is 0. The molecule has 2 aromatic heterocycles. The molecule has 3 heterocycles. The van der Waals surface area contributed by atoms with Crippen molar-refractivity contribution in [1.29, 1.82) is 0 Å². The summed E-state index contributed by atoms with van der Waals surface area (Å²) in [5.41, 5.74) is 4.85. The van der Waals surface area contributed by atoms with Crippen LogP contribution in [0, 0.1) is 0 Å². The van der Waals surface area contributed by atoms with Crippen LogP contribution < -0.4 is 0 Å². The molecule has 1 aliphatic rings. The number of nitrogens with zero attached hydrogens (tertiary/aromatic N) is 3. The van der Waals surface area contributed by atoms with Crippen LogP contribution in [0.25, 0.3) is 11.1 Å². The van der Waals surface area contributed by atoms with Gasteiger partial charge in [0.05, 0.1) is 6.20 Å². The van der Waals surface area contributed by atoms with E-state index in [0.717, 1.165) is 30.2 Å². The van der Waals surface area contributed by atoms with E-state index in [-0.39, 0.29) is 0 Å². The number of H-pyrrole nitrogens is 1. The Bertz CT molecular complexity index is 813. The molecular formula is C20H21ClN4. The number of nitrogens with one attached hydrogen (secondary N) is 1. The van der Waals surface area contributed by atoms with E-state index in [9.17, 15) is 0 Å². The lowest BCUT2D eigenvalue weighted by Gasteiger charge is -2.32. The van der Waals surface area contributed by atoms with Gasteiger partial charge in [-0.25, -0.2) is 0 Å². The number of rotatable bonds is 4. The van der Waals surface area contributed by atoms with Crippen LogP contribution in [-0.2, 0) is 6.54 Å². The van der Waals surface area contributed by atoms with Gasteiger partial charge in [0, 0.05) is 47.7 Å². The molecule has 5 heteroatoms. The Morgan fingerprint density at radius 2 is 2.04 bits per heavy atom. The van der Waals surface area contributed by atoms with Gasteiger partial charge in [0.15, 0.2) is 0 Å². The Labute approximate surface area is 152 Å². The number of halogens is 1. The van der Waals surface area contributed by atoms with Crippen molar-refractivity contribution in [3.8, 4) is 11.1 Å². The first-order valence-electron chi connectivity index (χ1n) is 8.70. The highest BCUT2D eigenvalue weighted by Crippen LogP contribution is 2.33. The van der Waals surface area contributed by atoms with Gasteiger partial charge in [0.25, 0.3) is 0 Å². The monoisotopic (exact) mass is 352 g/mol. The number of hydrogen-bond donors (Lipinski definition) is 1. The molecule has 4 nitrogen and oxygen atoms in total. The molecular weight excluding hydrogens is 332 g/mol. The van der Waals surface area contributed by atoms with Crippen LogP contribution >= 0.6 is 11.6 Å². The summed E-state index contributed by atoms with van der Waals surface area (Å²) in [4.78, 5) is 6.74. The van der Waals surface area contributed by atoms with Gasteiger partial charge in [0.1, 0.15) is 0 Å². The molecule has 4 rings (SSSR count). The highest BCUT2D eigenvalue weighted by Gasteiger charge is 2.25. The summed E-state index contributed by atoms with van der Waals surface area (Å²) in [6.07, 6.45) is 8.10. The fourth-order valence-electron chi connectivity index (χ4n) is 3.65. The first kappa shape index (κ1) is 16.3. The third-order valence-corrected chi connectivity index (χ3v) is 5.12. The van der Waals surface area contributed by atoms with E-state index in [1.807, 2.05) is 36.8 Å². The first-order valence-corrected chi connectivity index (χ1v) is 9.08. The average Bonchev–Trinajstić information content (AvgIpc) is 3.13. The van der Waals surface area contributed by atoms with Gasteiger partial charge in [-0.1, -0.05) is 29.8 Å². The Kier molecular flexibility index (Phi) is 4.81. The maximum atomic E-state index is 6.02. The van der Waals surface area contributed by atoms with E-state index >= 15 is 0 Å². The maximum Gasteiger partial charge on any atom is 0.0568 e. The second-order valence-corrected chi connectivity index (χ2v) is 7.08.